The van der Waals surface area contributed by atoms with Gasteiger partial charge in [-0.1, -0.05) is 11.6 Å². The summed E-state index contributed by atoms with van der Waals surface area (Å²) >= 11 is 7.74. The highest BCUT2D eigenvalue weighted by molar-refractivity contribution is 7.26. The first-order chi connectivity index (χ1) is 14.9. The SMILES string of the molecule is Cc1nnc2sc3c(NC4CC5(C4)CN(c4ncc(F)cc4Cl)C5)ncnc3c2c1C. The normalized spacial score (nSPS) is 17.9. The third-order valence-electron chi connectivity index (χ3n) is 6.50. The first kappa shape index (κ1) is 19.1. The first-order valence-electron chi connectivity index (χ1n) is 10.1. The van der Waals surface area contributed by atoms with E-state index < -0.39 is 5.82 Å². The fourth-order valence-corrected chi connectivity index (χ4v) is 6.24. The average molecular weight is 456 g/mol. The highest BCUT2D eigenvalue weighted by Gasteiger charge is 2.53. The van der Waals surface area contributed by atoms with E-state index in [1.165, 1.54) is 12.3 Å². The minimum atomic E-state index is -0.411. The van der Waals surface area contributed by atoms with Gasteiger partial charge in [-0.2, -0.15) is 5.10 Å². The molecule has 1 aliphatic heterocycles. The molecule has 31 heavy (non-hydrogen) atoms. The summed E-state index contributed by atoms with van der Waals surface area (Å²) in [6.07, 6.45) is 4.94. The Hall–Kier alpha value is -2.65. The van der Waals surface area contributed by atoms with Crippen LogP contribution in [0.25, 0.3) is 20.4 Å². The van der Waals surface area contributed by atoms with Crippen molar-refractivity contribution in [2.24, 2.45) is 5.41 Å². The zero-order valence-corrected chi connectivity index (χ0v) is 18.6. The molecular weight excluding hydrogens is 437 g/mol. The van der Waals surface area contributed by atoms with Gasteiger partial charge >= 0.3 is 0 Å². The van der Waals surface area contributed by atoms with Crippen LogP contribution in [0.3, 0.4) is 0 Å². The number of anilines is 2. The highest BCUT2D eigenvalue weighted by Crippen LogP contribution is 2.51. The Balaban J connectivity index is 1.18. The number of aryl methyl sites for hydroxylation is 2. The van der Waals surface area contributed by atoms with Crippen molar-refractivity contribution in [3.8, 4) is 0 Å². The molecule has 0 radical (unpaired) electrons. The van der Waals surface area contributed by atoms with Gasteiger partial charge in [-0.25, -0.2) is 19.3 Å². The zero-order chi connectivity index (χ0) is 21.3. The van der Waals surface area contributed by atoms with Gasteiger partial charge in [-0.3, -0.25) is 0 Å². The summed E-state index contributed by atoms with van der Waals surface area (Å²) in [7, 11) is 0. The molecule has 158 valence electrons. The van der Waals surface area contributed by atoms with Gasteiger partial charge in [0.15, 0.2) is 0 Å². The molecule has 10 heteroatoms. The molecule has 0 unspecified atom stereocenters. The zero-order valence-electron chi connectivity index (χ0n) is 17.0. The lowest BCUT2D eigenvalue weighted by atomic mass is 9.60. The van der Waals surface area contributed by atoms with E-state index in [2.05, 4.69) is 42.3 Å². The molecule has 0 aromatic carbocycles. The van der Waals surface area contributed by atoms with Crippen molar-refractivity contribution in [3.63, 3.8) is 0 Å². The number of hydrogen-bond acceptors (Lipinski definition) is 8. The maximum Gasteiger partial charge on any atom is 0.149 e. The van der Waals surface area contributed by atoms with E-state index in [1.54, 1.807) is 17.7 Å². The van der Waals surface area contributed by atoms with E-state index in [0.29, 0.717) is 16.9 Å². The second-order valence-corrected chi connectivity index (χ2v) is 10.1. The fourth-order valence-electron chi connectivity index (χ4n) is 4.88. The van der Waals surface area contributed by atoms with Crippen LogP contribution < -0.4 is 10.2 Å². The molecule has 1 saturated carbocycles. The third-order valence-corrected chi connectivity index (χ3v) is 7.85. The molecule has 1 spiro atoms. The number of fused-ring (bicyclic) bond motifs is 3. The van der Waals surface area contributed by atoms with Crippen LogP contribution in [0.1, 0.15) is 24.1 Å². The Kier molecular flexibility index (Phi) is 4.10. The second kappa shape index (κ2) is 6.67. The van der Waals surface area contributed by atoms with Crippen LogP contribution in [0.5, 0.6) is 0 Å². The largest absolute Gasteiger partial charge is 0.366 e. The first-order valence-corrected chi connectivity index (χ1v) is 11.3. The molecule has 1 aliphatic carbocycles. The summed E-state index contributed by atoms with van der Waals surface area (Å²) in [5.41, 5.74) is 3.24. The highest BCUT2D eigenvalue weighted by atomic mass is 35.5. The van der Waals surface area contributed by atoms with E-state index >= 15 is 0 Å². The second-order valence-electron chi connectivity index (χ2n) is 8.66. The Bertz CT molecular complexity index is 1340. The number of hydrogen-bond donors (Lipinski definition) is 1. The maximum atomic E-state index is 13.3. The standard InChI is InChI=1S/C21H19ClFN7S/c1-10-11(2)28-29-20-15(10)16-17(31-20)18(26-9-25-16)27-13-4-21(5-13)7-30(8-21)19-14(22)3-12(23)6-24-19/h3,6,9,13H,4-5,7-8H2,1-2H3,(H,25,26,27). The quantitative estimate of drug-likeness (QED) is 0.486. The van der Waals surface area contributed by atoms with Crippen molar-refractivity contribution in [2.75, 3.05) is 23.3 Å². The predicted molar refractivity (Wildman–Crippen MR) is 120 cm³/mol. The molecule has 1 saturated heterocycles. The summed E-state index contributed by atoms with van der Waals surface area (Å²) in [5.74, 6) is 1.12. The number of nitrogens with one attached hydrogen (secondary N) is 1. The van der Waals surface area contributed by atoms with E-state index in [0.717, 1.165) is 63.4 Å². The van der Waals surface area contributed by atoms with Crippen molar-refractivity contribution >= 4 is 55.0 Å². The molecule has 4 aromatic rings. The van der Waals surface area contributed by atoms with Crippen LogP contribution in [-0.2, 0) is 0 Å². The lowest BCUT2D eigenvalue weighted by Gasteiger charge is -2.59. The van der Waals surface area contributed by atoms with E-state index in [-0.39, 0.29) is 5.41 Å². The molecule has 4 aromatic heterocycles. The van der Waals surface area contributed by atoms with Crippen LogP contribution in [0.2, 0.25) is 5.02 Å². The number of pyridine rings is 1. The summed E-state index contributed by atoms with van der Waals surface area (Å²) in [6.45, 7) is 5.81. The van der Waals surface area contributed by atoms with Crippen molar-refractivity contribution in [3.05, 3.63) is 40.7 Å². The third kappa shape index (κ3) is 2.94. The van der Waals surface area contributed by atoms with Crippen molar-refractivity contribution < 1.29 is 4.39 Å². The van der Waals surface area contributed by atoms with Gasteiger partial charge < -0.3 is 10.2 Å². The minimum Gasteiger partial charge on any atom is -0.366 e. The van der Waals surface area contributed by atoms with E-state index in [9.17, 15) is 4.39 Å². The summed E-state index contributed by atoms with van der Waals surface area (Å²) < 4.78 is 14.3. The van der Waals surface area contributed by atoms with Gasteiger partial charge in [0.25, 0.3) is 0 Å². The smallest absolute Gasteiger partial charge is 0.149 e. The van der Waals surface area contributed by atoms with E-state index in [1.807, 2.05) is 6.92 Å². The fraction of sp³-hybridized carbons (Fsp3) is 0.381. The number of aromatic nitrogens is 5. The van der Waals surface area contributed by atoms with Gasteiger partial charge in [0, 0.05) is 29.9 Å². The maximum absolute atomic E-state index is 13.3. The van der Waals surface area contributed by atoms with Crippen molar-refractivity contribution in [1.29, 1.82) is 0 Å². The molecule has 6 rings (SSSR count). The lowest BCUT2D eigenvalue weighted by Crippen LogP contribution is -2.65. The molecule has 7 nitrogen and oxygen atoms in total. The molecule has 0 bridgehead atoms. The van der Waals surface area contributed by atoms with Crippen molar-refractivity contribution in [1.82, 2.24) is 25.1 Å². The number of nitrogens with zero attached hydrogens (tertiary/aromatic N) is 6. The van der Waals surface area contributed by atoms with Gasteiger partial charge in [0.2, 0.25) is 0 Å². The Labute approximate surface area is 186 Å². The molecule has 0 atom stereocenters. The molecule has 2 fully saturated rings. The van der Waals surface area contributed by atoms with Crippen LogP contribution in [-0.4, -0.2) is 44.3 Å². The number of thiophene rings is 1. The Morgan fingerprint density at radius 1 is 1.19 bits per heavy atom. The average Bonchev–Trinajstić information content (AvgIpc) is 3.06. The predicted octanol–water partition coefficient (Wildman–Crippen LogP) is 4.52. The van der Waals surface area contributed by atoms with Gasteiger partial charge in [0.05, 0.1) is 27.1 Å². The summed E-state index contributed by atoms with van der Waals surface area (Å²) in [4.78, 5) is 16.2. The van der Waals surface area contributed by atoms with Gasteiger partial charge in [-0.05, 0) is 38.3 Å². The van der Waals surface area contributed by atoms with Crippen LogP contribution in [0.4, 0.5) is 16.0 Å². The van der Waals surface area contributed by atoms with Crippen LogP contribution in [0, 0.1) is 25.1 Å². The monoisotopic (exact) mass is 455 g/mol. The summed E-state index contributed by atoms with van der Waals surface area (Å²) in [6, 6.07) is 1.68. The molecule has 1 N–H and O–H groups in total. The van der Waals surface area contributed by atoms with Gasteiger partial charge in [-0.15, -0.1) is 16.4 Å². The van der Waals surface area contributed by atoms with E-state index in [4.69, 9.17) is 11.6 Å². The number of halogens is 2. The van der Waals surface area contributed by atoms with Crippen LogP contribution in [0.15, 0.2) is 18.6 Å². The Morgan fingerprint density at radius 3 is 2.77 bits per heavy atom. The lowest BCUT2D eigenvalue weighted by molar-refractivity contribution is 0.0744. The topological polar surface area (TPSA) is 79.7 Å². The molecule has 0 amide bonds. The Morgan fingerprint density at radius 2 is 2.00 bits per heavy atom. The van der Waals surface area contributed by atoms with Crippen molar-refractivity contribution in [2.45, 2.75) is 32.7 Å². The van der Waals surface area contributed by atoms with Crippen LogP contribution >= 0.6 is 22.9 Å². The molecule has 5 heterocycles. The molecule has 2 aliphatic rings. The number of rotatable bonds is 3. The minimum absolute atomic E-state index is 0.266. The van der Waals surface area contributed by atoms with Gasteiger partial charge in [0.1, 0.15) is 28.6 Å². The molecular formula is C21H19ClFN7S. The summed E-state index contributed by atoms with van der Waals surface area (Å²) in [5, 5.41) is 13.7.